The Balaban J connectivity index is 1.51. The predicted molar refractivity (Wildman–Crippen MR) is 110 cm³/mol. The van der Waals surface area contributed by atoms with Crippen molar-refractivity contribution >= 4 is 11.0 Å². The number of rotatable bonds is 7. The number of allylic oxidation sites excluding steroid dienone is 3. The van der Waals surface area contributed by atoms with Gasteiger partial charge in [-0.2, -0.15) is 0 Å². The van der Waals surface area contributed by atoms with E-state index >= 15 is 0 Å². The molecule has 7 heteroatoms. The van der Waals surface area contributed by atoms with Crippen LogP contribution in [0.2, 0.25) is 0 Å². The van der Waals surface area contributed by atoms with Gasteiger partial charge < -0.3 is 19.7 Å². The monoisotopic (exact) mass is 397 g/mol. The van der Waals surface area contributed by atoms with Crippen LogP contribution in [0, 0.1) is 5.92 Å². The largest absolute Gasteiger partial charge is 0.375 e. The van der Waals surface area contributed by atoms with E-state index in [9.17, 15) is 4.21 Å². The van der Waals surface area contributed by atoms with Crippen LogP contribution < -0.4 is 5.32 Å². The van der Waals surface area contributed by atoms with E-state index in [4.69, 9.17) is 9.47 Å². The van der Waals surface area contributed by atoms with Crippen LogP contribution in [0.4, 0.5) is 0 Å². The molecule has 2 fully saturated rings. The molecule has 6 nitrogen and oxygen atoms in total. The molecule has 2 saturated heterocycles. The molecule has 0 amide bonds. The second-order valence-electron chi connectivity index (χ2n) is 7.72. The van der Waals surface area contributed by atoms with Crippen LogP contribution in [0.5, 0.6) is 0 Å². The van der Waals surface area contributed by atoms with Crippen molar-refractivity contribution in [1.29, 1.82) is 0 Å². The van der Waals surface area contributed by atoms with E-state index in [1.54, 1.807) is 14.2 Å². The number of likely N-dealkylation sites (tertiary alicyclic amines) is 1. The molecule has 0 aromatic carbocycles. The fourth-order valence-electron chi connectivity index (χ4n) is 4.46. The average Bonchev–Trinajstić information content (AvgIpc) is 2.75. The van der Waals surface area contributed by atoms with Gasteiger partial charge in [-0.15, -0.1) is 0 Å². The fraction of sp³-hybridized carbons (Fsp3) is 0.800. The molecule has 2 atom stereocenters. The van der Waals surface area contributed by atoms with Crippen molar-refractivity contribution in [3.05, 3.63) is 23.9 Å². The molecule has 154 valence electrons. The summed E-state index contributed by atoms with van der Waals surface area (Å²) in [6, 6.07) is 0.569. The molecule has 0 saturated carbocycles. The molecule has 27 heavy (non-hydrogen) atoms. The first kappa shape index (κ1) is 21.0. The quantitative estimate of drug-likeness (QED) is 0.665. The molecular formula is C20H35N3O3S. The van der Waals surface area contributed by atoms with Crippen LogP contribution in [0.1, 0.15) is 32.1 Å². The molecule has 0 aromatic rings. The third-order valence-corrected chi connectivity index (χ3v) is 7.91. The normalized spacial score (nSPS) is 27.2. The maximum Gasteiger partial charge on any atom is 0.159 e. The summed E-state index contributed by atoms with van der Waals surface area (Å²) in [5.41, 5.74) is 1.32. The first-order valence-corrected chi connectivity index (χ1v) is 11.3. The van der Waals surface area contributed by atoms with Gasteiger partial charge in [-0.05, 0) is 38.8 Å². The lowest BCUT2D eigenvalue weighted by atomic mass is 9.95. The molecule has 0 spiro atoms. The number of piperidine rings is 2. The molecule has 1 N–H and O–H groups in total. The van der Waals surface area contributed by atoms with Crippen molar-refractivity contribution in [2.75, 3.05) is 47.4 Å². The van der Waals surface area contributed by atoms with E-state index in [2.05, 4.69) is 32.7 Å². The van der Waals surface area contributed by atoms with Crippen LogP contribution in [0.3, 0.4) is 0 Å². The summed E-state index contributed by atoms with van der Waals surface area (Å²) in [5, 5.41) is 3.44. The van der Waals surface area contributed by atoms with Gasteiger partial charge in [-0.1, -0.05) is 12.2 Å². The molecule has 3 aliphatic rings. The zero-order valence-corrected chi connectivity index (χ0v) is 17.7. The third-order valence-electron chi connectivity index (χ3n) is 6.20. The molecule has 3 rings (SSSR count). The van der Waals surface area contributed by atoms with E-state index in [0.717, 1.165) is 58.3 Å². The van der Waals surface area contributed by atoms with Crippen molar-refractivity contribution in [1.82, 2.24) is 14.5 Å². The SMILES string of the molecule is CNC1CCN(S(=O)C2C=CC=C(N3CCC(C(OC)OC)CC3)C2)CC1. The summed E-state index contributed by atoms with van der Waals surface area (Å²) in [6.45, 7) is 3.87. The van der Waals surface area contributed by atoms with Crippen LogP contribution >= 0.6 is 0 Å². The van der Waals surface area contributed by atoms with E-state index in [1.807, 2.05) is 7.05 Å². The van der Waals surface area contributed by atoms with Gasteiger partial charge in [0, 0.05) is 64.5 Å². The predicted octanol–water partition coefficient (Wildman–Crippen LogP) is 1.88. The van der Waals surface area contributed by atoms with Crippen molar-refractivity contribution < 1.29 is 13.7 Å². The minimum Gasteiger partial charge on any atom is -0.375 e. The number of hydrogen-bond donors (Lipinski definition) is 1. The maximum atomic E-state index is 13.1. The number of hydrogen-bond acceptors (Lipinski definition) is 5. The minimum atomic E-state index is -0.941. The second kappa shape index (κ2) is 10.2. The Kier molecular flexibility index (Phi) is 7.90. The van der Waals surface area contributed by atoms with Gasteiger partial charge in [-0.3, -0.25) is 0 Å². The summed E-state index contributed by atoms with van der Waals surface area (Å²) < 4.78 is 26.1. The Hall–Kier alpha value is -0.730. The Morgan fingerprint density at radius 3 is 2.37 bits per heavy atom. The number of nitrogens with one attached hydrogen (secondary N) is 1. The lowest BCUT2D eigenvalue weighted by Gasteiger charge is -2.39. The highest BCUT2D eigenvalue weighted by molar-refractivity contribution is 7.83. The van der Waals surface area contributed by atoms with Crippen molar-refractivity contribution in [2.45, 2.75) is 49.7 Å². The van der Waals surface area contributed by atoms with Gasteiger partial charge in [-0.25, -0.2) is 8.51 Å². The number of methoxy groups -OCH3 is 2. The van der Waals surface area contributed by atoms with Gasteiger partial charge in [0.15, 0.2) is 6.29 Å². The van der Waals surface area contributed by atoms with Crippen LogP contribution in [-0.2, 0) is 20.5 Å². The standard InChI is InChI=1S/C20H35N3O3S/c1-21-17-9-13-23(14-10-17)27(24)19-6-4-5-18(15-19)22-11-7-16(8-12-22)20(25-2)26-3/h4-6,16-17,19-21H,7-15H2,1-3H3. The Labute approximate surface area is 166 Å². The zero-order chi connectivity index (χ0) is 19.2. The van der Waals surface area contributed by atoms with Crippen LogP contribution in [-0.4, -0.2) is 78.4 Å². The number of nitrogens with zero attached hydrogens (tertiary/aromatic N) is 2. The topological polar surface area (TPSA) is 54.0 Å². The Morgan fingerprint density at radius 1 is 1.11 bits per heavy atom. The first-order chi connectivity index (χ1) is 13.2. The first-order valence-electron chi connectivity index (χ1n) is 10.2. The minimum absolute atomic E-state index is 0.0968. The van der Waals surface area contributed by atoms with Crippen molar-refractivity contribution in [2.24, 2.45) is 5.92 Å². The van der Waals surface area contributed by atoms with Gasteiger partial charge >= 0.3 is 0 Å². The summed E-state index contributed by atoms with van der Waals surface area (Å²) in [7, 11) is 4.51. The molecule has 0 aromatic heterocycles. The van der Waals surface area contributed by atoms with Crippen molar-refractivity contribution in [3.63, 3.8) is 0 Å². The second-order valence-corrected chi connectivity index (χ2v) is 9.39. The molecule has 0 radical (unpaired) electrons. The summed E-state index contributed by atoms with van der Waals surface area (Å²) >= 11 is 0. The third kappa shape index (κ3) is 5.21. The van der Waals surface area contributed by atoms with E-state index in [0.29, 0.717) is 12.0 Å². The Morgan fingerprint density at radius 2 is 1.78 bits per heavy atom. The maximum absolute atomic E-state index is 13.1. The highest BCUT2D eigenvalue weighted by Gasteiger charge is 2.31. The highest BCUT2D eigenvalue weighted by Crippen LogP contribution is 2.29. The van der Waals surface area contributed by atoms with E-state index in [-0.39, 0.29) is 11.5 Å². The lowest BCUT2D eigenvalue weighted by Crippen LogP contribution is -2.45. The van der Waals surface area contributed by atoms with Gasteiger partial charge in [0.25, 0.3) is 0 Å². The molecule has 2 aliphatic heterocycles. The molecule has 2 heterocycles. The molecule has 0 bridgehead atoms. The summed E-state index contributed by atoms with van der Waals surface area (Å²) in [6.07, 6.45) is 11.5. The van der Waals surface area contributed by atoms with E-state index in [1.165, 1.54) is 5.70 Å². The van der Waals surface area contributed by atoms with Crippen molar-refractivity contribution in [3.8, 4) is 0 Å². The molecule has 2 unspecified atom stereocenters. The number of ether oxygens (including phenoxy) is 2. The van der Waals surface area contributed by atoms with Crippen LogP contribution in [0.25, 0.3) is 0 Å². The van der Waals surface area contributed by atoms with Crippen LogP contribution in [0.15, 0.2) is 23.9 Å². The highest BCUT2D eigenvalue weighted by atomic mass is 32.2. The fourth-order valence-corrected chi connectivity index (χ4v) is 5.95. The van der Waals surface area contributed by atoms with Gasteiger partial charge in [0.2, 0.25) is 0 Å². The van der Waals surface area contributed by atoms with E-state index < -0.39 is 11.0 Å². The Bertz CT molecular complexity index is 549. The lowest BCUT2D eigenvalue weighted by molar-refractivity contribution is -0.146. The summed E-state index contributed by atoms with van der Waals surface area (Å²) in [4.78, 5) is 2.46. The smallest absolute Gasteiger partial charge is 0.159 e. The zero-order valence-electron chi connectivity index (χ0n) is 16.9. The molecule has 1 aliphatic carbocycles. The summed E-state index contributed by atoms with van der Waals surface area (Å²) in [5.74, 6) is 0.453. The molecular weight excluding hydrogens is 362 g/mol. The van der Waals surface area contributed by atoms with Gasteiger partial charge in [0.1, 0.15) is 11.0 Å². The average molecular weight is 398 g/mol. The van der Waals surface area contributed by atoms with Gasteiger partial charge in [0.05, 0.1) is 5.25 Å².